The van der Waals surface area contributed by atoms with Gasteiger partial charge in [-0.2, -0.15) is 10.2 Å². The van der Waals surface area contributed by atoms with E-state index in [1.165, 1.54) is 0 Å². The summed E-state index contributed by atoms with van der Waals surface area (Å²) < 4.78 is 3.50. The number of hydrogen-bond donors (Lipinski definition) is 0. The largest absolute Gasteiger partial charge is 0.275 e. The van der Waals surface area contributed by atoms with Gasteiger partial charge in [0.05, 0.1) is 28.1 Å². The van der Waals surface area contributed by atoms with Crippen LogP contribution in [0.5, 0.6) is 0 Å². The summed E-state index contributed by atoms with van der Waals surface area (Å²) >= 11 is 12.1. The molecule has 114 valence electrons. The Labute approximate surface area is 142 Å². The van der Waals surface area contributed by atoms with Crippen molar-refractivity contribution in [2.45, 2.75) is 0 Å². The molecule has 0 amide bonds. The normalized spacial score (nSPS) is 11.3. The van der Waals surface area contributed by atoms with Gasteiger partial charge in [0.2, 0.25) is 0 Å². The molecule has 0 aliphatic rings. The third kappa shape index (κ3) is 2.48. The summed E-state index contributed by atoms with van der Waals surface area (Å²) in [4.78, 5) is 4.54. The van der Waals surface area contributed by atoms with E-state index in [2.05, 4.69) is 15.2 Å². The number of benzene rings is 1. The lowest BCUT2D eigenvalue weighted by Crippen LogP contribution is -1.97. The van der Waals surface area contributed by atoms with Gasteiger partial charge in [-0.15, -0.1) is 0 Å². The van der Waals surface area contributed by atoms with E-state index in [0.29, 0.717) is 10.0 Å². The van der Waals surface area contributed by atoms with E-state index in [1.807, 2.05) is 37.8 Å². The molecule has 23 heavy (non-hydrogen) atoms. The number of aromatic nitrogens is 5. The lowest BCUT2D eigenvalue weighted by atomic mass is 10.1. The van der Waals surface area contributed by atoms with Crippen LogP contribution in [0.3, 0.4) is 0 Å². The molecule has 0 aliphatic heterocycles. The summed E-state index contributed by atoms with van der Waals surface area (Å²) in [5.41, 5.74) is 3.59. The van der Waals surface area contributed by atoms with Crippen LogP contribution < -0.4 is 0 Å². The molecule has 1 aromatic carbocycles. The first-order valence-corrected chi connectivity index (χ1v) is 7.65. The van der Waals surface area contributed by atoms with Crippen LogP contribution >= 0.6 is 23.2 Å². The number of hydrogen-bond acceptors (Lipinski definition) is 3. The van der Waals surface area contributed by atoms with Crippen LogP contribution in [0.15, 0.2) is 49.1 Å². The van der Waals surface area contributed by atoms with E-state index >= 15 is 0 Å². The predicted molar refractivity (Wildman–Crippen MR) is 91.1 cm³/mol. The van der Waals surface area contributed by atoms with Crippen LogP contribution in [-0.2, 0) is 7.05 Å². The minimum Gasteiger partial charge on any atom is -0.275 e. The van der Waals surface area contributed by atoms with E-state index in [-0.39, 0.29) is 0 Å². The van der Waals surface area contributed by atoms with Crippen molar-refractivity contribution in [2.24, 2.45) is 7.05 Å². The molecule has 5 nitrogen and oxygen atoms in total. The highest BCUT2D eigenvalue weighted by atomic mass is 35.5. The monoisotopic (exact) mass is 343 g/mol. The van der Waals surface area contributed by atoms with E-state index < -0.39 is 0 Å². The minimum absolute atomic E-state index is 0.486. The quantitative estimate of drug-likeness (QED) is 0.549. The van der Waals surface area contributed by atoms with E-state index in [4.69, 9.17) is 23.2 Å². The number of pyridine rings is 1. The number of rotatable bonds is 2. The molecular weight excluding hydrogens is 333 g/mol. The fraction of sp³-hybridized carbons (Fsp3) is 0.0625. The molecule has 0 bridgehead atoms. The summed E-state index contributed by atoms with van der Waals surface area (Å²) in [5, 5.41) is 10.5. The number of fused-ring (bicyclic) bond motifs is 1. The maximum atomic E-state index is 6.09. The summed E-state index contributed by atoms with van der Waals surface area (Å²) in [5.74, 6) is 0. The van der Waals surface area contributed by atoms with Crippen molar-refractivity contribution >= 4 is 34.2 Å². The lowest BCUT2D eigenvalue weighted by molar-refractivity contribution is 0.768. The molecule has 3 aromatic heterocycles. The van der Waals surface area contributed by atoms with E-state index in [9.17, 15) is 0 Å². The average Bonchev–Trinajstić information content (AvgIpc) is 3.15. The first-order chi connectivity index (χ1) is 11.1. The molecule has 0 saturated carbocycles. The number of nitrogens with zero attached hydrogens (tertiary/aromatic N) is 5. The molecule has 0 radical (unpaired) electrons. The Hall–Kier alpha value is -2.37. The average molecular weight is 344 g/mol. The number of aryl methyl sites for hydroxylation is 1. The maximum absolute atomic E-state index is 6.09. The molecule has 0 aliphatic carbocycles. The van der Waals surface area contributed by atoms with Crippen LogP contribution in [0.4, 0.5) is 0 Å². The zero-order valence-corrected chi connectivity index (χ0v) is 13.6. The molecule has 0 atom stereocenters. The van der Waals surface area contributed by atoms with Crippen LogP contribution in [0.2, 0.25) is 10.0 Å². The summed E-state index contributed by atoms with van der Waals surface area (Å²) in [6.45, 7) is 0. The molecule has 4 rings (SSSR count). The Morgan fingerprint density at radius 2 is 1.78 bits per heavy atom. The third-order valence-corrected chi connectivity index (χ3v) is 4.33. The van der Waals surface area contributed by atoms with Crippen molar-refractivity contribution in [3.8, 4) is 16.8 Å². The second-order valence-corrected chi connectivity index (χ2v) is 6.01. The molecule has 3 heterocycles. The highest BCUT2D eigenvalue weighted by Gasteiger charge is 2.10. The van der Waals surface area contributed by atoms with E-state index in [1.54, 1.807) is 27.7 Å². The van der Waals surface area contributed by atoms with Gasteiger partial charge in [0.25, 0.3) is 0 Å². The van der Waals surface area contributed by atoms with Crippen molar-refractivity contribution in [1.82, 2.24) is 24.5 Å². The standard InChI is InChI=1S/C16H11Cl2N5/c1-22-9-12(8-20-22)10-4-11-7-21-23(16(11)19-6-10)13-2-3-14(17)15(18)5-13/h2-9H,1H3. The Morgan fingerprint density at radius 3 is 2.52 bits per heavy atom. The van der Waals surface area contributed by atoms with Gasteiger partial charge >= 0.3 is 0 Å². The van der Waals surface area contributed by atoms with Crippen molar-refractivity contribution in [1.29, 1.82) is 0 Å². The SMILES string of the molecule is Cn1cc(-c2cnc3c(cnn3-c3ccc(Cl)c(Cl)c3)c2)cn1. The third-order valence-electron chi connectivity index (χ3n) is 3.59. The van der Waals surface area contributed by atoms with E-state index in [0.717, 1.165) is 27.8 Å². The van der Waals surface area contributed by atoms with Gasteiger partial charge < -0.3 is 0 Å². The Morgan fingerprint density at radius 1 is 0.913 bits per heavy atom. The van der Waals surface area contributed by atoms with Gasteiger partial charge in [-0.3, -0.25) is 4.68 Å². The van der Waals surface area contributed by atoms with Gasteiger partial charge in [-0.1, -0.05) is 23.2 Å². The lowest BCUT2D eigenvalue weighted by Gasteiger charge is -2.05. The van der Waals surface area contributed by atoms with Gasteiger partial charge in [-0.05, 0) is 24.3 Å². The van der Waals surface area contributed by atoms with Crippen molar-refractivity contribution < 1.29 is 0 Å². The maximum Gasteiger partial charge on any atom is 0.162 e. The first-order valence-electron chi connectivity index (χ1n) is 6.90. The first kappa shape index (κ1) is 14.2. The summed E-state index contributed by atoms with van der Waals surface area (Å²) in [6.07, 6.45) is 7.36. The Balaban J connectivity index is 1.82. The predicted octanol–water partition coefficient (Wildman–Crippen LogP) is 4.13. The summed E-state index contributed by atoms with van der Waals surface area (Å²) in [6, 6.07) is 7.42. The molecule has 0 N–H and O–H groups in total. The van der Waals surface area contributed by atoms with Crippen LogP contribution in [-0.4, -0.2) is 24.5 Å². The minimum atomic E-state index is 0.486. The molecule has 0 fully saturated rings. The second-order valence-electron chi connectivity index (χ2n) is 5.19. The summed E-state index contributed by atoms with van der Waals surface area (Å²) in [7, 11) is 1.89. The highest BCUT2D eigenvalue weighted by molar-refractivity contribution is 6.42. The van der Waals surface area contributed by atoms with Crippen molar-refractivity contribution in [3.05, 3.63) is 59.1 Å². The van der Waals surface area contributed by atoms with Crippen LogP contribution in [0.25, 0.3) is 27.8 Å². The van der Waals surface area contributed by atoms with Crippen molar-refractivity contribution in [3.63, 3.8) is 0 Å². The Kier molecular flexibility index (Phi) is 3.32. The highest BCUT2D eigenvalue weighted by Crippen LogP contribution is 2.27. The molecule has 7 heteroatoms. The zero-order chi connectivity index (χ0) is 16.0. The van der Waals surface area contributed by atoms with Gasteiger partial charge in [-0.25, -0.2) is 9.67 Å². The molecule has 0 spiro atoms. The second kappa shape index (κ2) is 5.37. The van der Waals surface area contributed by atoms with Crippen molar-refractivity contribution in [2.75, 3.05) is 0 Å². The Bertz CT molecular complexity index is 1020. The molecule has 0 saturated heterocycles. The fourth-order valence-corrected chi connectivity index (χ4v) is 2.75. The molecule has 4 aromatic rings. The van der Waals surface area contributed by atoms with Gasteiger partial charge in [0, 0.05) is 36.0 Å². The van der Waals surface area contributed by atoms with Gasteiger partial charge in [0.1, 0.15) is 0 Å². The molecule has 0 unspecified atom stereocenters. The fourth-order valence-electron chi connectivity index (χ4n) is 2.46. The van der Waals surface area contributed by atoms with Gasteiger partial charge in [0.15, 0.2) is 5.65 Å². The van der Waals surface area contributed by atoms with Crippen LogP contribution in [0, 0.1) is 0 Å². The van der Waals surface area contributed by atoms with Crippen LogP contribution in [0.1, 0.15) is 0 Å². The smallest absolute Gasteiger partial charge is 0.162 e. The zero-order valence-electron chi connectivity index (χ0n) is 12.1. The molecular formula is C16H11Cl2N5. The topological polar surface area (TPSA) is 48.5 Å². The number of halogens is 2.